The molecule has 3 heterocycles. The molecule has 0 aliphatic carbocycles. The van der Waals surface area contributed by atoms with E-state index in [1.165, 1.54) is 0 Å². The van der Waals surface area contributed by atoms with Crippen molar-refractivity contribution in [2.75, 3.05) is 18.6 Å². The van der Waals surface area contributed by atoms with Crippen LogP contribution in [0.1, 0.15) is 25.1 Å². The van der Waals surface area contributed by atoms with Gasteiger partial charge in [-0.15, -0.1) is 0 Å². The Hall–Kier alpha value is -1.90. The van der Waals surface area contributed by atoms with Crippen LogP contribution < -0.4 is 0 Å². The molecule has 1 fully saturated rings. The van der Waals surface area contributed by atoms with Gasteiger partial charge in [-0.2, -0.15) is 10.2 Å². The fourth-order valence-electron chi connectivity index (χ4n) is 3.22. The molecule has 0 radical (unpaired) electrons. The van der Waals surface area contributed by atoms with E-state index in [2.05, 4.69) is 10.2 Å². The highest BCUT2D eigenvalue weighted by Gasteiger charge is 2.35. The maximum atomic E-state index is 12.7. The van der Waals surface area contributed by atoms with Crippen LogP contribution in [0.3, 0.4) is 0 Å². The van der Waals surface area contributed by atoms with Gasteiger partial charge in [0.25, 0.3) is 0 Å². The normalized spacial score (nSPS) is 21.7. The van der Waals surface area contributed by atoms with Gasteiger partial charge in [-0.3, -0.25) is 9.48 Å². The molecule has 0 spiro atoms. The zero-order chi connectivity index (χ0) is 16.9. The van der Waals surface area contributed by atoms with E-state index in [4.69, 9.17) is 0 Å². The van der Waals surface area contributed by atoms with Gasteiger partial charge in [-0.25, -0.2) is 13.1 Å². The number of rotatable bonds is 3. The van der Waals surface area contributed by atoms with Crippen molar-refractivity contribution in [3.63, 3.8) is 0 Å². The number of fused-ring (bicyclic) bond motifs is 1. The minimum absolute atomic E-state index is 0.0440. The van der Waals surface area contributed by atoms with Crippen molar-refractivity contribution >= 4 is 26.8 Å². The van der Waals surface area contributed by atoms with Crippen LogP contribution >= 0.6 is 0 Å². The first-order valence-electron chi connectivity index (χ1n) is 7.55. The van der Waals surface area contributed by atoms with E-state index in [9.17, 15) is 13.2 Å². The quantitative estimate of drug-likeness (QED) is 0.801. The summed E-state index contributed by atoms with van der Waals surface area (Å²) in [5.74, 6) is 0.0557. The standard InChI is InChI=1S/C14H21N5O3S/c1-9-13-12(18(4)16-9)7-15-19(13)10(2)14(20)17(3)11-5-6-23(21,22)8-11/h7,10-11H,5-6,8H2,1-4H3/t10-,11+/m0/s1. The van der Waals surface area contributed by atoms with Gasteiger partial charge in [-0.1, -0.05) is 0 Å². The smallest absolute Gasteiger partial charge is 0.247 e. The molecule has 1 amide bonds. The first-order valence-corrected chi connectivity index (χ1v) is 9.37. The summed E-state index contributed by atoms with van der Waals surface area (Å²) in [6.07, 6.45) is 2.19. The number of likely N-dealkylation sites (N-methyl/N-ethyl adjacent to an activating group) is 1. The van der Waals surface area contributed by atoms with Crippen LogP contribution in [0, 0.1) is 6.92 Å². The third-order valence-electron chi connectivity index (χ3n) is 4.60. The van der Waals surface area contributed by atoms with Gasteiger partial charge in [0.1, 0.15) is 17.1 Å². The Balaban J connectivity index is 1.87. The lowest BCUT2D eigenvalue weighted by atomic mass is 10.2. The van der Waals surface area contributed by atoms with Crippen LogP contribution in [-0.2, 0) is 21.7 Å². The van der Waals surface area contributed by atoms with Crippen molar-refractivity contribution in [1.82, 2.24) is 24.5 Å². The highest BCUT2D eigenvalue weighted by molar-refractivity contribution is 7.91. The van der Waals surface area contributed by atoms with Gasteiger partial charge >= 0.3 is 0 Å². The molecule has 23 heavy (non-hydrogen) atoms. The number of sulfone groups is 1. The molecule has 0 saturated carbocycles. The number of aromatic nitrogens is 4. The molecule has 2 aromatic rings. The van der Waals surface area contributed by atoms with Gasteiger partial charge in [0.05, 0.1) is 23.4 Å². The molecule has 0 bridgehead atoms. The minimum Gasteiger partial charge on any atom is -0.340 e. The summed E-state index contributed by atoms with van der Waals surface area (Å²) in [5.41, 5.74) is 2.51. The number of aryl methyl sites for hydroxylation is 2. The van der Waals surface area contributed by atoms with Crippen LogP contribution in [0.4, 0.5) is 0 Å². The minimum atomic E-state index is -3.02. The number of hydrogen-bond acceptors (Lipinski definition) is 5. The van der Waals surface area contributed by atoms with Crippen molar-refractivity contribution in [3.05, 3.63) is 11.9 Å². The maximum Gasteiger partial charge on any atom is 0.247 e. The molecule has 1 aliphatic rings. The molecular weight excluding hydrogens is 318 g/mol. The second kappa shape index (κ2) is 5.33. The largest absolute Gasteiger partial charge is 0.340 e. The lowest BCUT2D eigenvalue weighted by Gasteiger charge is -2.26. The fourth-order valence-corrected chi connectivity index (χ4v) is 5.00. The highest BCUT2D eigenvalue weighted by atomic mass is 32.2. The lowest BCUT2D eigenvalue weighted by molar-refractivity contribution is -0.134. The van der Waals surface area contributed by atoms with Crippen molar-refractivity contribution < 1.29 is 13.2 Å². The summed E-state index contributed by atoms with van der Waals surface area (Å²) < 4.78 is 26.6. The number of carbonyl (C=O) groups excluding carboxylic acids is 1. The van der Waals surface area contributed by atoms with Crippen LogP contribution in [0.15, 0.2) is 6.20 Å². The third kappa shape index (κ3) is 2.62. The molecule has 0 N–H and O–H groups in total. The van der Waals surface area contributed by atoms with Crippen molar-refractivity contribution in [2.24, 2.45) is 7.05 Å². The molecule has 2 aromatic heterocycles. The van der Waals surface area contributed by atoms with E-state index in [1.807, 2.05) is 14.0 Å². The summed E-state index contributed by atoms with van der Waals surface area (Å²) in [6, 6.07) is -0.764. The Bertz CT molecular complexity index is 866. The van der Waals surface area contributed by atoms with Gasteiger partial charge in [0.15, 0.2) is 9.84 Å². The molecular formula is C14H21N5O3S. The number of nitrogens with zero attached hydrogens (tertiary/aromatic N) is 5. The van der Waals surface area contributed by atoms with Gasteiger partial charge in [0.2, 0.25) is 5.91 Å². The van der Waals surface area contributed by atoms with Crippen LogP contribution in [0.5, 0.6) is 0 Å². The van der Waals surface area contributed by atoms with E-state index in [0.29, 0.717) is 6.42 Å². The summed E-state index contributed by atoms with van der Waals surface area (Å²) in [7, 11) is 0.483. The predicted octanol–water partition coefficient (Wildman–Crippen LogP) is 0.285. The Kier molecular flexibility index (Phi) is 3.70. The summed E-state index contributed by atoms with van der Waals surface area (Å²) in [6.45, 7) is 3.66. The van der Waals surface area contributed by atoms with E-state index < -0.39 is 15.9 Å². The first kappa shape index (κ1) is 16.0. The summed E-state index contributed by atoms with van der Waals surface area (Å²) >= 11 is 0. The predicted molar refractivity (Wildman–Crippen MR) is 85.8 cm³/mol. The fraction of sp³-hybridized carbons (Fsp3) is 0.643. The second-order valence-corrected chi connectivity index (χ2v) is 8.44. The first-order chi connectivity index (χ1) is 10.7. The average molecular weight is 339 g/mol. The Labute approximate surface area is 135 Å². The van der Waals surface area contributed by atoms with Crippen LogP contribution in [0.2, 0.25) is 0 Å². The number of hydrogen-bond donors (Lipinski definition) is 0. The Morgan fingerprint density at radius 2 is 2.17 bits per heavy atom. The van der Waals surface area contributed by atoms with Crippen LogP contribution in [0.25, 0.3) is 11.0 Å². The Morgan fingerprint density at radius 1 is 1.48 bits per heavy atom. The molecule has 2 atom stereocenters. The highest BCUT2D eigenvalue weighted by Crippen LogP contribution is 2.24. The van der Waals surface area contributed by atoms with Crippen molar-refractivity contribution in [2.45, 2.75) is 32.4 Å². The molecule has 1 saturated heterocycles. The topological polar surface area (TPSA) is 90.1 Å². The van der Waals surface area contributed by atoms with E-state index in [1.54, 1.807) is 34.4 Å². The molecule has 1 aliphatic heterocycles. The van der Waals surface area contributed by atoms with Crippen molar-refractivity contribution in [3.8, 4) is 0 Å². The van der Waals surface area contributed by atoms with Gasteiger partial charge in [-0.05, 0) is 20.3 Å². The second-order valence-electron chi connectivity index (χ2n) is 6.21. The monoisotopic (exact) mass is 339 g/mol. The molecule has 3 rings (SSSR count). The van der Waals surface area contributed by atoms with Gasteiger partial charge < -0.3 is 4.90 Å². The maximum absolute atomic E-state index is 12.7. The van der Waals surface area contributed by atoms with Crippen molar-refractivity contribution in [1.29, 1.82) is 0 Å². The van der Waals surface area contributed by atoms with Gasteiger partial charge in [0, 0.05) is 20.1 Å². The molecule has 0 aromatic carbocycles. The zero-order valence-electron chi connectivity index (χ0n) is 13.7. The lowest BCUT2D eigenvalue weighted by Crippen LogP contribution is -2.41. The summed E-state index contributed by atoms with van der Waals surface area (Å²) in [4.78, 5) is 14.3. The molecule has 0 unspecified atom stereocenters. The number of carbonyl (C=O) groups is 1. The average Bonchev–Trinajstić information content (AvgIpc) is 3.14. The van der Waals surface area contributed by atoms with E-state index >= 15 is 0 Å². The molecule has 126 valence electrons. The SMILES string of the molecule is Cc1nn(C)c2cnn([C@@H](C)C(=O)N(C)[C@@H]3CCS(=O)(=O)C3)c12. The third-order valence-corrected chi connectivity index (χ3v) is 6.35. The van der Waals surface area contributed by atoms with Crippen LogP contribution in [-0.4, -0.2) is 63.4 Å². The molecule has 8 nitrogen and oxygen atoms in total. The number of amides is 1. The Morgan fingerprint density at radius 3 is 2.78 bits per heavy atom. The van der Waals surface area contributed by atoms with E-state index in [-0.39, 0.29) is 23.5 Å². The summed E-state index contributed by atoms with van der Waals surface area (Å²) in [5, 5.41) is 8.67. The van der Waals surface area contributed by atoms with E-state index in [0.717, 1.165) is 16.7 Å². The molecule has 9 heteroatoms. The zero-order valence-corrected chi connectivity index (χ0v) is 14.5.